The summed E-state index contributed by atoms with van der Waals surface area (Å²) >= 11 is -2.58. The fourth-order valence-electron chi connectivity index (χ4n) is 15.3. The first-order chi connectivity index (χ1) is 23.8. The molecule has 0 aliphatic heterocycles. The van der Waals surface area contributed by atoms with E-state index < -0.39 is 21.3 Å². The average molecular weight is 819 g/mol. The van der Waals surface area contributed by atoms with E-state index in [1.54, 1.807) is 5.57 Å². The van der Waals surface area contributed by atoms with Crippen molar-refractivity contribution >= 4 is 3.21 Å². The first-order valence-corrected chi connectivity index (χ1v) is 24.9. The van der Waals surface area contributed by atoms with Crippen LogP contribution in [0.25, 0.3) is 0 Å². The number of hydrogen-bond donors (Lipinski definition) is 0. The predicted molar refractivity (Wildman–Crippen MR) is 213 cm³/mol. The van der Waals surface area contributed by atoms with Crippen molar-refractivity contribution < 1.29 is 46.1 Å². The van der Waals surface area contributed by atoms with Crippen LogP contribution in [0.1, 0.15) is 139 Å². The SMILES string of the molecule is CC1=CC=CC2[CH]([Zr+2]([C]3=CC=CC3)=[C](CC3CCCCC3)CC3CCCCC3)C3(C)C4(C)C=CC=CC4(C)C4(C)C=CC=CC4(C)C3(C)C12C.[Cl-].[Cl-]. The van der Waals surface area contributed by atoms with E-state index in [-0.39, 0.29) is 62.7 Å². The zero-order chi connectivity index (χ0) is 35.2. The van der Waals surface area contributed by atoms with Crippen molar-refractivity contribution in [2.75, 3.05) is 0 Å². The molecule has 9 atom stereocenters. The van der Waals surface area contributed by atoms with Gasteiger partial charge in [0, 0.05) is 0 Å². The molecule has 52 heavy (non-hydrogen) atoms. The third-order valence-corrected chi connectivity index (χ3v) is 28.2. The van der Waals surface area contributed by atoms with Gasteiger partial charge in [0.1, 0.15) is 0 Å². The minimum absolute atomic E-state index is 0. The largest absolute Gasteiger partial charge is 1.00 e. The van der Waals surface area contributed by atoms with Crippen molar-refractivity contribution in [3.8, 4) is 0 Å². The van der Waals surface area contributed by atoms with Crippen LogP contribution < -0.4 is 24.8 Å². The summed E-state index contributed by atoms with van der Waals surface area (Å²) in [5.74, 6) is 2.39. The topological polar surface area (TPSA) is 0 Å². The van der Waals surface area contributed by atoms with Crippen molar-refractivity contribution in [1.82, 2.24) is 0 Å². The Bertz CT molecular complexity index is 1670. The summed E-state index contributed by atoms with van der Waals surface area (Å²) in [7, 11) is 0. The van der Waals surface area contributed by atoms with Crippen LogP contribution in [0.5, 0.6) is 0 Å². The van der Waals surface area contributed by atoms with Gasteiger partial charge in [-0.2, -0.15) is 0 Å². The van der Waals surface area contributed by atoms with E-state index in [4.69, 9.17) is 0 Å². The second-order valence-electron chi connectivity index (χ2n) is 19.8. The fourth-order valence-corrected chi connectivity index (χ4v) is 27.3. The van der Waals surface area contributed by atoms with Crippen LogP contribution in [0, 0.1) is 55.7 Å². The van der Waals surface area contributed by atoms with Crippen LogP contribution in [0.15, 0.2) is 93.9 Å². The molecular weight excluding hydrogens is 751 g/mol. The second kappa shape index (κ2) is 14.3. The first kappa shape index (κ1) is 40.9. The van der Waals surface area contributed by atoms with Gasteiger partial charge in [0.05, 0.1) is 0 Å². The molecule has 3 heteroatoms. The minimum Gasteiger partial charge on any atom is -1.00 e. The first-order valence-electron chi connectivity index (χ1n) is 21.0. The van der Waals surface area contributed by atoms with Gasteiger partial charge in [-0.05, 0) is 0 Å². The molecule has 4 saturated carbocycles. The van der Waals surface area contributed by atoms with Crippen molar-refractivity contribution in [3.05, 3.63) is 93.9 Å². The normalized spacial score (nSPS) is 44.3. The Morgan fingerprint density at radius 1 is 0.615 bits per heavy atom. The molecule has 8 aliphatic carbocycles. The van der Waals surface area contributed by atoms with Gasteiger partial charge in [-0.1, -0.05) is 0 Å². The monoisotopic (exact) mass is 816 g/mol. The smallest absolute Gasteiger partial charge is 1.00 e. The summed E-state index contributed by atoms with van der Waals surface area (Å²) in [6, 6.07) is 0. The molecule has 0 N–H and O–H groups in total. The van der Waals surface area contributed by atoms with Gasteiger partial charge < -0.3 is 24.8 Å². The molecule has 0 heterocycles. The molecule has 0 amide bonds. The molecule has 0 spiro atoms. The molecule has 8 aliphatic rings. The number of halogens is 2. The Labute approximate surface area is 339 Å². The van der Waals surface area contributed by atoms with Gasteiger partial charge >= 0.3 is 317 Å². The second-order valence-corrected chi connectivity index (χ2v) is 26.7. The molecule has 0 saturated heterocycles. The van der Waals surface area contributed by atoms with E-state index >= 15 is 0 Å². The molecule has 4 fully saturated rings. The van der Waals surface area contributed by atoms with Gasteiger partial charge in [-0.25, -0.2) is 0 Å². The summed E-state index contributed by atoms with van der Waals surface area (Å²) < 4.78 is 4.80. The summed E-state index contributed by atoms with van der Waals surface area (Å²) in [5, 5.41) is 0. The van der Waals surface area contributed by atoms with Crippen LogP contribution >= 0.6 is 0 Å². The maximum absolute atomic E-state index is 2.91. The van der Waals surface area contributed by atoms with Crippen LogP contribution in [0.2, 0.25) is 3.63 Å². The molecule has 0 nitrogen and oxygen atoms in total. The van der Waals surface area contributed by atoms with E-state index in [1.165, 1.54) is 83.5 Å². The number of hydrogen-bond acceptors (Lipinski definition) is 0. The summed E-state index contributed by atoms with van der Waals surface area (Å²) in [6.45, 7) is 21.9. The molecule has 9 unspecified atom stereocenters. The van der Waals surface area contributed by atoms with Gasteiger partial charge in [0.25, 0.3) is 0 Å². The Kier molecular flexibility index (Phi) is 11.3. The quantitative estimate of drug-likeness (QED) is 0.257. The molecule has 282 valence electrons. The zero-order valence-corrected chi connectivity index (χ0v) is 37.8. The molecular formula is C49H68Cl2Zr. The maximum atomic E-state index is 2.91. The summed E-state index contributed by atoms with van der Waals surface area (Å²) in [5.41, 5.74) is 1.70. The Morgan fingerprint density at radius 2 is 1.12 bits per heavy atom. The van der Waals surface area contributed by atoms with E-state index in [0.29, 0.717) is 9.54 Å². The third-order valence-electron chi connectivity index (χ3n) is 18.8. The molecule has 8 rings (SSSR count). The van der Waals surface area contributed by atoms with E-state index in [2.05, 4.69) is 144 Å². The Balaban J connectivity index is 0.00000232. The number of rotatable bonds is 6. The van der Waals surface area contributed by atoms with Crippen LogP contribution in [-0.2, 0) is 21.3 Å². The van der Waals surface area contributed by atoms with Crippen molar-refractivity contribution in [2.45, 2.75) is 142 Å². The van der Waals surface area contributed by atoms with Crippen LogP contribution in [-0.4, -0.2) is 3.21 Å². The van der Waals surface area contributed by atoms with Crippen molar-refractivity contribution in [3.63, 3.8) is 0 Å². The number of allylic oxidation sites excluding steroid dienone is 16. The average Bonchev–Trinajstić information content (AvgIpc) is 3.70. The molecule has 0 aromatic rings. The van der Waals surface area contributed by atoms with E-state index in [0.717, 1.165) is 11.8 Å². The van der Waals surface area contributed by atoms with Gasteiger partial charge in [-0.3, -0.25) is 0 Å². The maximum Gasteiger partial charge on any atom is -1.00 e. The predicted octanol–water partition coefficient (Wildman–Crippen LogP) is 7.81. The Hall–Kier alpha value is -0.747. The van der Waals surface area contributed by atoms with Crippen LogP contribution in [0.3, 0.4) is 0 Å². The third kappa shape index (κ3) is 5.01. The van der Waals surface area contributed by atoms with Gasteiger partial charge in [0.2, 0.25) is 0 Å². The van der Waals surface area contributed by atoms with Crippen LogP contribution in [0.4, 0.5) is 0 Å². The molecule has 0 radical (unpaired) electrons. The Morgan fingerprint density at radius 3 is 1.63 bits per heavy atom. The van der Waals surface area contributed by atoms with Crippen molar-refractivity contribution in [1.29, 1.82) is 0 Å². The summed E-state index contributed by atoms with van der Waals surface area (Å²) in [6.07, 6.45) is 54.9. The zero-order valence-electron chi connectivity index (χ0n) is 33.8. The number of fused-ring (bicyclic) bond motifs is 8. The molecule has 0 aromatic carbocycles. The molecule has 0 aromatic heterocycles. The van der Waals surface area contributed by atoms with Gasteiger partial charge in [0.15, 0.2) is 0 Å². The standard InChI is InChI=1S/C29H37.C15H26.C5H5.2ClH.Zr/c1-21-14-13-15-22-20-27(6)25(4)18-10-9-16-23(25,2)24(3)17-11-12-19-26(24,5)29(27,8)28(21,22)7;1-3-8-14(9-4-1)12-7-13-15-10-5-2-6-11-15;1-2-4-5-3-1;;;/h9-20,22H,1-8H3;14-15H,1-6,8-13H2;1-3H,4H2;2*1H;/q;;;;;+2/p-2. The minimum atomic E-state index is -2.58. The summed E-state index contributed by atoms with van der Waals surface area (Å²) in [4.78, 5) is 0. The van der Waals surface area contributed by atoms with Gasteiger partial charge in [-0.15, -0.1) is 0 Å². The fraction of sp³-hybridized carbons (Fsp3) is 0.653. The molecule has 0 bridgehead atoms. The van der Waals surface area contributed by atoms with E-state index in [9.17, 15) is 0 Å². The van der Waals surface area contributed by atoms with Crippen molar-refractivity contribution in [2.24, 2.45) is 55.7 Å². The van der Waals surface area contributed by atoms with E-state index in [1.807, 2.05) is 3.28 Å².